The number of benzene rings is 2. The molecule has 15 heavy (non-hydrogen) atoms. The van der Waals surface area contributed by atoms with Crippen LogP contribution in [-0.2, 0) is 0 Å². The molecule has 3 nitrogen and oxygen atoms in total. The molecule has 0 aliphatic rings. The lowest BCUT2D eigenvalue weighted by Gasteiger charge is -2.03. The second kappa shape index (κ2) is 3.81. The number of nitrogens with zero attached hydrogens (tertiary/aromatic N) is 2. The van der Waals surface area contributed by atoms with E-state index in [-0.39, 0.29) is 11.4 Å². The maximum atomic E-state index is 11.2. The Labute approximate surface area is 87.2 Å². The molecule has 0 aromatic heterocycles. The highest BCUT2D eigenvalue weighted by molar-refractivity contribution is 5.71. The molecule has 2 aromatic carbocycles. The molecule has 0 radical (unpaired) electrons. The molecule has 0 aliphatic heterocycles. The second-order valence-corrected chi connectivity index (χ2v) is 3.15. The van der Waals surface area contributed by atoms with Crippen molar-refractivity contribution < 1.29 is 5.11 Å². The van der Waals surface area contributed by atoms with Crippen molar-refractivity contribution in [1.29, 1.82) is 5.39 Å². The summed E-state index contributed by atoms with van der Waals surface area (Å²) in [5.41, 5.74) is 1.92. The van der Waals surface area contributed by atoms with Crippen LogP contribution >= 0.6 is 0 Å². The van der Waals surface area contributed by atoms with Crippen molar-refractivity contribution in [2.45, 2.75) is 0 Å². The van der Waals surface area contributed by atoms with Gasteiger partial charge in [-0.3, -0.25) is 0 Å². The van der Waals surface area contributed by atoms with Crippen molar-refractivity contribution in [3.63, 3.8) is 0 Å². The zero-order valence-corrected chi connectivity index (χ0v) is 7.92. The molecule has 0 bridgehead atoms. The van der Waals surface area contributed by atoms with Gasteiger partial charge in [0.2, 0.25) is 5.39 Å². The van der Waals surface area contributed by atoms with E-state index in [1.165, 1.54) is 6.07 Å². The van der Waals surface area contributed by atoms with E-state index in [1.807, 2.05) is 30.3 Å². The van der Waals surface area contributed by atoms with Crippen molar-refractivity contribution in [2.24, 2.45) is 0 Å². The van der Waals surface area contributed by atoms with Crippen LogP contribution in [0.25, 0.3) is 16.1 Å². The fourth-order valence-corrected chi connectivity index (χ4v) is 1.41. The summed E-state index contributed by atoms with van der Waals surface area (Å²) >= 11 is 0. The normalized spacial score (nSPS) is 9.53. The first-order valence-electron chi connectivity index (χ1n) is 4.53. The first-order valence-corrected chi connectivity index (χ1v) is 4.53. The Balaban J connectivity index is 2.52. The number of rotatable bonds is 1. The van der Waals surface area contributed by atoms with Crippen molar-refractivity contribution in [3.8, 4) is 16.9 Å². The summed E-state index contributed by atoms with van der Waals surface area (Å²) in [6, 6.07) is 14.3. The lowest BCUT2D eigenvalue weighted by Crippen LogP contribution is -1.89. The van der Waals surface area contributed by atoms with E-state index in [2.05, 4.69) is 4.98 Å². The molecule has 0 fully saturated rings. The standard InChI is InChI=1S/C12H8N2O/c13-14-11-8-10(6-7-12(11)15)9-4-2-1-3-5-9/h1-8H. The van der Waals surface area contributed by atoms with Gasteiger partial charge in [-0.05, 0) is 16.9 Å². The van der Waals surface area contributed by atoms with Gasteiger partial charge in [-0.1, -0.05) is 42.5 Å². The van der Waals surface area contributed by atoms with E-state index in [4.69, 9.17) is 5.39 Å². The first kappa shape index (κ1) is 9.22. The van der Waals surface area contributed by atoms with Crippen LogP contribution in [0.2, 0.25) is 0 Å². The van der Waals surface area contributed by atoms with E-state index in [1.54, 1.807) is 12.1 Å². The fraction of sp³-hybridized carbons (Fsp3) is 0. The molecule has 0 spiro atoms. The molecule has 2 rings (SSSR count). The number of hydrogen-bond donors (Lipinski definition) is 0. The van der Waals surface area contributed by atoms with Crippen LogP contribution in [0, 0.1) is 5.39 Å². The third kappa shape index (κ3) is 1.79. The maximum absolute atomic E-state index is 11.2. The second-order valence-electron chi connectivity index (χ2n) is 3.15. The molecule has 2 aromatic rings. The SMILES string of the molecule is N#[N+]c1cc(-c2ccccc2)ccc1[O-]. The number of diazo groups is 1. The summed E-state index contributed by atoms with van der Waals surface area (Å²) in [7, 11) is 0. The van der Waals surface area contributed by atoms with Gasteiger partial charge in [0.15, 0.2) is 4.98 Å². The zero-order chi connectivity index (χ0) is 10.7. The lowest BCUT2D eigenvalue weighted by molar-refractivity contribution is -0.266. The quantitative estimate of drug-likeness (QED) is 0.658. The van der Waals surface area contributed by atoms with Crippen LogP contribution in [0.1, 0.15) is 0 Å². The van der Waals surface area contributed by atoms with E-state index >= 15 is 0 Å². The summed E-state index contributed by atoms with van der Waals surface area (Å²) in [5.74, 6) is -0.280. The predicted molar refractivity (Wildman–Crippen MR) is 56.1 cm³/mol. The minimum atomic E-state index is -0.280. The summed E-state index contributed by atoms with van der Waals surface area (Å²) in [4.78, 5) is 2.94. The highest BCUT2D eigenvalue weighted by atomic mass is 16.3. The highest BCUT2D eigenvalue weighted by Crippen LogP contribution is 2.29. The van der Waals surface area contributed by atoms with E-state index in [0.29, 0.717) is 0 Å². The van der Waals surface area contributed by atoms with Crippen molar-refractivity contribution in [3.05, 3.63) is 53.5 Å². The summed E-state index contributed by atoms with van der Waals surface area (Å²) in [6.07, 6.45) is 0. The summed E-state index contributed by atoms with van der Waals surface area (Å²) < 4.78 is 0. The smallest absolute Gasteiger partial charge is 0.378 e. The molecular weight excluding hydrogens is 188 g/mol. The van der Waals surface area contributed by atoms with Crippen molar-refractivity contribution in [2.75, 3.05) is 0 Å². The van der Waals surface area contributed by atoms with Gasteiger partial charge in [-0.25, -0.2) is 0 Å². The first-order chi connectivity index (χ1) is 7.31. The average molecular weight is 196 g/mol. The van der Waals surface area contributed by atoms with Crippen molar-refractivity contribution >= 4 is 5.69 Å². The average Bonchev–Trinajstić information content (AvgIpc) is 2.31. The van der Waals surface area contributed by atoms with Crippen LogP contribution in [-0.4, -0.2) is 0 Å². The predicted octanol–water partition coefficient (Wildman–Crippen LogP) is 2.91. The molecular formula is C12H8N2O. The van der Waals surface area contributed by atoms with Gasteiger partial charge < -0.3 is 5.11 Å². The number of hydrogen-bond acceptors (Lipinski definition) is 2. The third-order valence-electron chi connectivity index (χ3n) is 2.17. The van der Waals surface area contributed by atoms with Gasteiger partial charge in [-0.2, -0.15) is 0 Å². The molecule has 3 heteroatoms. The maximum Gasteiger partial charge on any atom is 0.378 e. The molecule has 0 saturated carbocycles. The highest BCUT2D eigenvalue weighted by Gasteiger charge is 2.07. The van der Waals surface area contributed by atoms with E-state index in [0.717, 1.165) is 11.1 Å². The monoisotopic (exact) mass is 196 g/mol. The Morgan fingerprint density at radius 2 is 1.67 bits per heavy atom. The molecule has 72 valence electrons. The molecule has 0 saturated heterocycles. The van der Waals surface area contributed by atoms with Crippen LogP contribution in [0.4, 0.5) is 5.69 Å². The molecule has 0 heterocycles. The Morgan fingerprint density at radius 3 is 2.33 bits per heavy atom. The van der Waals surface area contributed by atoms with Gasteiger partial charge in [0.05, 0.1) is 0 Å². The molecule has 0 amide bonds. The summed E-state index contributed by atoms with van der Waals surface area (Å²) in [6.45, 7) is 0. The van der Waals surface area contributed by atoms with Crippen LogP contribution in [0.5, 0.6) is 5.75 Å². The molecule has 0 unspecified atom stereocenters. The third-order valence-corrected chi connectivity index (χ3v) is 2.17. The zero-order valence-electron chi connectivity index (χ0n) is 7.92. The Kier molecular flexibility index (Phi) is 2.34. The van der Waals surface area contributed by atoms with Gasteiger partial charge in [0.1, 0.15) is 0 Å². The minimum Gasteiger partial charge on any atom is -0.867 e. The fourth-order valence-electron chi connectivity index (χ4n) is 1.41. The largest absolute Gasteiger partial charge is 0.867 e. The molecule has 0 N–H and O–H groups in total. The lowest BCUT2D eigenvalue weighted by atomic mass is 10.1. The Bertz CT molecular complexity index is 515. The van der Waals surface area contributed by atoms with E-state index in [9.17, 15) is 5.11 Å². The van der Waals surface area contributed by atoms with Crippen molar-refractivity contribution in [1.82, 2.24) is 0 Å². The molecule has 0 atom stereocenters. The summed E-state index contributed by atoms with van der Waals surface area (Å²) in [5, 5.41) is 19.8. The van der Waals surface area contributed by atoms with Crippen LogP contribution in [0.3, 0.4) is 0 Å². The Hall–Kier alpha value is -2.34. The van der Waals surface area contributed by atoms with Gasteiger partial charge in [0.25, 0.3) is 0 Å². The minimum absolute atomic E-state index is 0.0661. The van der Waals surface area contributed by atoms with Crippen LogP contribution in [0.15, 0.2) is 48.5 Å². The topological polar surface area (TPSA) is 51.2 Å². The Morgan fingerprint density at radius 1 is 0.933 bits per heavy atom. The van der Waals surface area contributed by atoms with Crippen LogP contribution < -0.4 is 5.11 Å². The van der Waals surface area contributed by atoms with Gasteiger partial charge >= 0.3 is 5.69 Å². The van der Waals surface area contributed by atoms with E-state index < -0.39 is 0 Å². The van der Waals surface area contributed by atoms with Gasteiger partial charge in [-0.15, -0.1) is 0 Å². The molecule has 0 aliphatic carbocycles. The van der Waals surface area contributed by atoms with Gasteiger partial charge in [0, 0.05) is 6.07 Å².